The minimum atomic E-state index is -0.421. The molecule has 1 N–H and O–H groups in total. The minimum absolute atomic E-state index is 0.0219. The van der Waals surface area contributed by atoms with Gasteiger partial charge in [0.05, 0.1) is 22.1 Å². The molecule has 5 rings (SSSR count). The molecule has 0 radical (unpaired) electrons. The Morgan fingerprint density at radius 1 is 1.23 bits per heavy atom. The molecule has 3 aromatic rings. The quantitative estimate of drug-likeness (QED) is 0.489. The predicted molar refractivity (Wildman–Crippen MR) is 140 cm³/mol. The number of aromatic nitrogens is 1. The number of likely N-dealkylation sites (tertiary alicyclic amines) is 1. The van der Waals surface area contributed by atoms with Gasteiger partial charge >= 0.3 is 0 Å². The Morgan fingerprint density at radius 2 is 1.97 bits per heavy atom. The average molecular weight is 489 g/mol. The summed E-state index contributed by atoms with van der Waals surface area (Å²) in [7, 11) is 4.01. The Morgan fingerprint density at radius 3 is 2.63 bits per heavy atom. The molecule has 1 saturated heterocycles. The average Bonchev–Trinajstić information content (AvgIpc) is 3.23. The van der Waals surface area contributed by atoms with E-state index in [0.29, 0.717) is 11.1 Å². The first kappa shape index (κ1) is 23.9. The Balaban J connectivity index is 1.60. The highest BCUT2D eigenvalue weighted by molar-refractivity contribution is 7.97. The topological polar surface area (TPSA) is 72.4 Å². The molecule has 1 aliphatic heterocycles. The SMILES string of the molecule is CCN1CCC(Oc2cc3c(cc2SN(C)C)C(=O)c2c([nH]c4cc(C#N)ccc24)C3(C)C)CC1. The first-order valence-electron chi connectivity index (χ1n) is 12.3. The third kappa shape index (κ3) is 4.14. The van der Waals surface area contributed by atoms with Crippen LogP contribution in [-0.2, 0) is 5.41 Å². The van der Waals surface area contributed by atoms with Gasteiger partial charge in [0.25, 0.3) is 0 Å². The fourth-order valence-electron chi connectivity index (χ4n) is 5.39. The molecular weight excluding hydrogens is 456 g/mol. The van der Waals surface area contributed by atoms with Crippen LogP contribution >= 0.6 is 11.9 Å². The highest BCUT2D eigenvalue weighted by atomic mass is 32.2. The van der Waals surface area contributed by atoms with Gasteiger partial charge in [0.15, 0.2) is 5.78 Å². The van der Waals surface area contributed by atoms with Crippen LogP contribution < -0.4 is 4.74 Å². The number of H-pyrrole nitrogens is 1. The number of piperidine rings is 1. The Kier molecular flexibility index (Phi) is 6.16. The zero-order chi connectivity index (χ0) is 24.9. The number of nitriles is 1. The van der Waals surface area contributed by atoms with E-state index in [4.69, 9.17) is 4.74 Å². The summed E-state index contributed by atoms with van der Waals surface area (Å²) >= 11 is 1.59. The number of ketones is 1. The normalized spacial score (nSPS) is 17.9. The van der Waals surface area contributed by atoms with E-state index >= 15 is 0 Å². The molecule has 0 saturated carbocycles. The monoisotopic (exact) mass is 488 g/mol. The maximum atomic E-state index is 13.9. The first-order valence-corrected chi connectivity index (χ1v) is 13.0. The van der Waals surface area contributed by atoms with Gasteiger partial charge in [-0.25, -0.2) is 0 Å². The second-order valence-electron chi connectivity index (χ2n) is 10.2. The fraction of sp³-hybridized carbons (Fsp3) is 0.429. The number of benzene rings is 2. The summed E-state index contributed by atoms with van der Waals surface area (Å²) in [6.45, 7) is 9.69. The van der Waals surface area contributed by atoms with Gasteiger partial charge < -0.3 is 14.6 Å². The maximum Gasteiger partial charge on any atom is 0.195 e. The van der Waals surface area contributed by atoms with Crippen molar-refractivity contribution in [1.29, 1.82) is 5.26 Å². The van der Waals surface area contributed by atoms with E-state index < -0.39 is 5.41 Å². The van der Waals surface area contributed by atoms with Crippen LogP contribution in [0.25, 0.3) is 10.9 Å². The van der Waals surface area contributed by atoms with Gasteiger partial charge in [0.1, 0.15) is 11.9 Å². The number of rotatable bonds is 5. The lowest BCUT2D eigenvalue weighted by Gasteiger charge is -2.35. The molecule has 0 atom stereocenters. The summed E-state index contributed by atoms with van der Waals surface area (Å²) in [6.07, 6.45) is 2.19. The van der Waals surface area contributed by atoms with Crippen molar-refractivity contribution in [1.82, 2.24) is 14.2 Å². The summed E-state index contributed by atoms with van der Waals surface area (Å²) in [5.74, 6) is 0.873. The molecule has 0 unspecified atom stereocenters. The lowest BCUT2D eigenvalue weighted by molar-refractivity contribution is 0.100. The van der Waals surface area contributed by atoms with Crippen molar-refractivity contribution in [2.24, 2.45) is 0 Å². The maximum absolute atomic E-state index is 13.9. The number of fused-ring (bicyclic) bond motifs is 4. The molecule has 1 aliphatic carbocycles. The van der Waals surface area contributed by atoms with Crippen LogP contribution in [0.3, 0.4) is 0 Å². The van der Waals surface area contributed by atoms with Gasteiger partial charge in [-0.15, -0.1) is 0 Å². The molecule has 6 nitrogen and oxygen atoms in total. The van der Waals surface area contributed by atoms with Gasteiger partial charge in [-0.2, -0.15) is 5.26 Å². The van der Waals surface area contributed by atoms with Gasteiger partial charge in [0.2, 0.25) is 0 Å². The van der Waals surface area contributed by atoms with Crippen molar-refractivity contribution in [2.75, 3.05) is 33.7 Å². The summed E-state index contributed by atoms with van der Waals surface area (Å²) in [4.78, 5) is 20.8. The predicted octanol–water partition coefficient (Wildman–Crippen LogP) is 5.34. The van der Waals surface area contributed by atoms with E-state index in [0.717, 1.165) is 70.8 Å². The lowest BCUT2D eigenvalue weighted by atomic mass is 9.71. The third-order valence-corrected chi connectivity index (χ3v) is 8.22. The van der Waals surface area contributed by atoms with Crippen LogP contribution in [0.15, 0.2) is 35.2 Å². The molecule has 182 valence electrons. The highest BCUT2D eigenvalue weighted by Gasteiger charge is 2.40. The van der Waals surface area contributed by atoms with E-state index in [9.17, 15) is 10.1 Å². The summed E-state index contributed by atoms with van der Waals surface area (Å²) in [6, 6.07) is 11.8. The molecule has 0 spiro atoms. The molecule has 0 amide bonds. The highest BCUT2D eigenvalue weighted by Crippen LogP contribution is 2.47. The Bertz CT molecular complexity index is 1340. The van der Waals surface area contributed by atoms with Crippen molar-refractivity contribution < 1.29 is 9.53 Å². The second-order valence-corrected chi connectivity index (χ2v) is 11.6. The van der Waals surface area contributed by atoms with E-state index in [-0.39, 0.29) is 11.9 Å². The molecule has 35 heavy (non-hydrogen) atoms. The standard InChI is InChI=1S/C28H32N4O2S/c1-6-32-11-9-18(10-12-32)34-23-15-21-20(14-24(23)35-31(4)5)26(33)25-19-8-7-17(16-29)13-22(19)30-27(25)28(21,2)3/h7-8,13-15,18,30H,6,9-12H2,1-5H3. The Labute approximate surface area is 211 Å². The summed E-state index contributed by atoms with van der Waals surface area (Å²) in [5.41, 5.74) is 4.30. The van der Waals surface area contributed by atoms with Crippen LogP contribution in [-0.4, -0.2) is 59.8 Å². The number of carbonyl (C=O) groups is 1. The second kappa shape index (κ2) is 9.02. The summed E-state index contributed by atoms with van der Waals surface area (Å²) < 4.78 is 8.66. The molecule has 7 heteroatoms. The zero-order valence-electron chi connectivity index (χ0n) is 21.1. The van der Waals surface area contributed by atoms with Gasteiger partial charge in [0, 0.05) is 40.7 Å². The number of hydrogen-bond donors (Lipinski definition) is 1. The molecule has 1 aromatic heterocycles. The van der Waals surface area contributed by atoms with Crippen LogP contribution in [0.4, 0.5) is 0 Å². The molecule has 0 bridgehead atoms. The van der Waals surface area contributed by atoms with E-state index in [1.54, 1.807) is 18.0 Å². The number of nitrogens with zero attached hydrogens (tertiary/aromatic N) is 3. The molecular formula is C28H32N4O2S. The Hall–Kier alpha value is -2.79. The van der Waals surface area contributed by atoms with Crippen LogP contribution in [0.2, 0.25) is 0 Å². The van der Waals surface area contributed by atoms with E-state index in [1.165, 1.54) is 0 Å². The molecule has 2 aliphatic rings. The van der Waals surface area contributed by atoms with Crippen molar-refractivity contribution in [3.05, 3.63) is 58.3 Å². The number of ether oxygens (including phenoxy) is 1. The smallest absolute Gasteiger partial charge is 0.195 e. The minimum Gasteiger partial charge on any atom is -0.489 e. The largest absolute Gasteiger partial charge is 0.489 e. The van der Waals surface area contributed by atoms with Crippen molar-refractivity contribution in [3.63, 3.8) is 0 Å². The van der Waals surface area contributed by atoms with Gasteiger partial charge in [-0.1, -0.05) is 26.8 Å². The zero-order valence-corrected chi connectivity index (χ0v) is 21.9. The molecule has 2 heterocycles. The number of aromatic amines is 1. The van der Waals surface area contributed by atoms with E-state index in [1.807, 2.05) is 36.6 Å². The van der Waals surface area contributed by atoms with Crippen LogP contribution in [0, 0.1) is 11.3 Å². The molecule has 1 fully saturated rings. The number of hydrogen-bond acceptors (Lipinski definition) is 6. The lowest BCUT2D eigenvalue weighted by Crippen LogP contribution is -2.38. The van der Waals surface area contributed by atoms with Crippen molar-refractivity contribution in [3.8, 4) is 11.8 Å². The fourth-order valence-corrected chi connectivity index (χ4v) is 6.15. The number of nitrogens with one attached hydrogen (secondary N) is 1. The summed E-state index contributed by atoms with van der Waals surface area (Å²) in [5, 5.41) is 10.2. The van der Waals surface area contributed by atoms with Crippen molar-refractivity contribution in [2.45, 2.75) is 50.0 Å². The van der Waals surface area contributed by atoms with E-state index in [2.05, 4.69) is 42.8 Å². The van der Waals surface area contributed by atoms with Gasteiger partial charge in [-0.05, 0) is 75.3 Å². The van der Waals surface area contributed by atoms with Crippen LogP contribution in [0.1, 0.15) is 66.4 Å². The first-order chi connectivity index (χ1) is 16.7. The third-order valence-electron chi connectivity index (χ3n) is 7.34. The van der Waals surface area contributed by atoms with Gasteiger partial charge in [-0.3, -0.25) is 9.10 Å². The molecule has 2 aromatic carbocycles. The van der Waals surface area contributed by atoms with Crippen LogP contribution in [0.5, 0.6) is 5.75 Å². The number of carbonyl (C=O) groups excluding carboxylic acids is 1. The van der Waals surface area contributed by atoms with Crippen molar-refractivity contribution >= 4 is 28.6 Å².